The first kappa shape index (κ1) is 19.8. The van der Waals surface area contributed by atoms with Crippen LogP contribution in [0.5, 0.6) is 0 Å². The van der Waals surface area contributed by atoms with E-state index in [9.17, 15) is 19.8 Å². The number of hydrogen-bond acceptors (Lipinski definition) is 8. The van der Waals surface area contributed by atoms with E-state index in [0.29, 0.717) is 6.29 Å². The van der Waals surface area contributed by atoms with Gasteiger partial charge < -0.3 is 29.9 Å². The number of aliphatic hydroxyl groups is 4. The fourth-order valence-corrected chi connectivity index (χ4v) is 1.69. The molecule has 0 heterocycles. The molecule has 0 aliphatic heterocycles. The minimum absolute atomic E-state index is 0.0211. The maximum Gasteiger partial charge on any atom is 0.338 e. The fraction of sp³-hybridized carbons (Fsp3) is 0.375. The van der Waals surface area contributed by atoms with E-state index in [1.54, 1.807) is 12.1 Å². The summed E-state index contributed by atoms with van der Waals surface area (Å²) in [4.78, 5) is 22.9. The van der Waals surface area contributed by atoms with Crippen LogP contribution in [0.1, 0.15) is 15.9 Å². The number of ether oxygens (including phenoxy) is 2. The number of rotatable bonds is 10. The molecule has 0 aliphatic rings. The molecule has 0 bridgehead atoms. The highest BCUT2D eigenvalue weighted by atomic mass is 16.5. The molecular weight excluding hydrogens is 320 g/mol. The Morgan fingerprint density at radius 3 is 2.08 bits per heavy atom. The molecule has 4 N–H and O–H groups in total. The molecule has 0 radical (unpaired) electrons. The second-order valence-electron chi connectivity index (χ2n) is 4.79. The lowest BCUT2D eigenvalue weighted by Gasteiger charge is -2.16. The van der Waals surface area contributed by atoms with Crippen molar-refractivity contribution in [3.05, 3.63) is 41.5 Å². The van der Waals surface area contributed by atoms with Crippen LogP contribution >= 0.6 is 0 Å². The predicted molar refractivity (Wildman–Crippen MR) is 82.9 cm³/mol. The highest BCUT2D eigenvalue weighted by Gasteiger charge is 2.18. The van der Waals surface area contributed by atoms with Crippen molar-refractivity contribution in [1.82, 2.24) is 0 Å². The summed E-state index contributed by atoms with van der Waals surface area (Å²) in [5, 5.41) is 36.1. The number of benzene rings is 1. The summed E-state index contributed by atoms with van der Waals surface area (Å²) in [6.07, 6.45) is -0.808. The van der Waals surface area contributed by atoms with Crippen LogP contribution in [-0.2, 0) is 14.3 Å². The van der Waals surface area contributed by atoms with Gasteiger partial charge in [-0.2, -0.15) is 0 Å². The van der Waals surface area contributed by atoms with Crippen LogP contribution < -0.4 is 0 Å². The Labute approximate surface area is 138 Å². The standard InChI is InChI=1S/C16H20O8/c17-6-5-15(23-9-11(20)7-18)13-3-1-2-4-14(13)16(22)24-10-12(21)8-19/h1-6,11-12,18-21H,7-10H2/b15-5+. The molecule has 0 saturated heterocycles. The molecule has 2 unspecified atom stereocenters. The Balaban J connectivity index is 2.98. The molecule has 1 aromatic carbocycles. The molecule has 0 saturated carbocycles. The van der Waals surface area contributed by atoms with E-state index in [1.807, 2.05) is 0 Å². The molecule has 0 aliphatic carbocycles. The number of esters is 1. The average Bonchev–Trinajstić information content (AvgIpc) is 2.62. The van der Waals surface area contributed by atoms with Crippen LogP contribution in [0, 0.1) is 0 Å². The summed E-state index contributed by atoms with van der Waals surface area (Å²) in [5.41, 5.74) is 0.326. The topological polar surface area (TPSA) is 134 Å². The van der Waals surface area contributed by atoms with Gasteiger partial charge in [-0.1, -0.05) is 18.2 Å². The van der Waals surface area contributed by atoms with Gasteiger partial charge >= 0.3 is 5.97 Å². The quantitative estimate of drug-likeness (QED) is 0.186. The van der Waals surface area contributed by atoms with Crippen LogP contribution in [0.2, 0.25) is 0 Å². The molecule has 0 aromatic heterocycles. The van der Waals surface area contributed by atoms with E-state index in [1.165, 1.54) is 12.1 Å². The third kappa shape index (κ3) is 6.09. The molecular formula is C16H20O8. The van der Waals surface area contributed by atoms with Gasteiger partial charge in [0.1, 0.15) is 37.5 Å². The van der Waals surface area contributed by atoms with Crippen molar-refractivity contribution in [2.24, 2.45) is 0 Å². The summed E-state index contributed by atoms with van der Waals surface area (Å²) < 4.78 is 10.2. The van der Waals surface area contributed by atoms with Gasteiger partial charge in [0.15, 0.2) is 0 Å². The summed E-state index contributed by atoms with van der Waals surface area (Å²) >= 11 is 0. The Bertz CT molecular complexity index is 569. The van der Waals surface area contributed by atoms with Crippen LogP contribution in [0.15, 0.2) is 30.3 Å². The van der Waals surface area contributed by atoms with Crippen molar-refractivity contribution in [2.75, 3.05) is 26.4 Å². The van der Waals surface area contributed by atoms with E-state index in [4.69, 9.17) is 19.7 Å². The third-order valence-corrected chi connectivity index (χ3v) is 2.89. The Morgan fingerprint density at radius 2 is 1.54 bits per heavy atom. The van der Waals surface area contributed by atoms with Crippen molar-refractivity contribution in [2.45, 2.75) is 12.2 Å². The summed E-state index contributed by atoms with van der Waals surface area (Å²) in [5.74, 6) is -0.756. The zero-order chi connectivity index (χ0) is 17.9. The van der Waals surface area contributed by atoms with Gasteiger partial charge in [0.2, 0.25) is 0 Å². The lowest BCUT2D eigenvalue weighted by molar-refractivity contribution is -0.104. The Hall–Kier alpha value is -2.26. The largest absolute Gasteiger partial charge is 0.490 e. The van der Waals surface area contributed by atoms with Gasteiger partial charge in [0, 0.05) is 11.6 Å². The molecule has 2 atom stereocenters. The second-order valence-corrected chi connectivity index (χ2v) is 4.79. The van der Waals surface area contributed by atoms with Gasteiger partial charge in [-0.15, -0.1) is 0 Å². The highest BCUT2D eigenvalue weighted by molar-refractivity contribution is 5.96. The van der Waals surface area contributed by atoms with Crippen LogP contribution in [0.25, 0.3) is 5.76 Å². The smallest absolute Gasteiger partial charge is 0.338 e. The molecule has 1 rings (SSSR count). The van der Waals surface area contributed by atoms with Crippen molar-refractivity contribution in [3.8, 4) is 0 Å². The molecule has 8 nitrogen and oxygen atoms in total. The molecule has 24 heavy (non-hydrogen) atoms. The number of allylic oxidation sites excluding steroid dienone is 1. The lowest BCUT2D eigenvalue weighted by Crippen LogP contribution is -2.22. The molecule has 0 spiro atoms. The summed E-state index contributed by atoms with van der Waals surface area (Å²) in [6.45, 7) is -1.73. The van der Waals surface area contributed by atoms with E-state index in [2.05, 4.69) is 0 Å². The predicted octanol–water partition coefficient (Wildman–Crippen LogP) is -0.894. The fourth-order valence-electron chi connectivity index (χ4n) is 1.69. The second kappa shape index (κ2) is 10.5. The van der Waals surface area contributed by atoms with E-state index < -0.39 is 31.4 Å². The zero-order valence-corrected chi connectivity index (χ0v) is 12.9. The van der Waals surface area contributed by atoms with Crippen LogP contribution in [0.4, 0.5) is 0 Å². The maximum atomic E-state index is 12.1. The number of aliphatic hydroxyl groups excluding tert-OH is 4. The zero-order valence-electron chi connectivity index (χ0n) is 12.9. The van der Waals surface area contributed by atoms with Gasteiger partial charge in [-0.3, -0.25) is 4.79 Å². The van der Waals surface area contributed by atoms with Gasteiger partial charge in [-0.25, -0.2) is 4.79 Å². The molecule has 132 valence electrons. The first-order valence-electron chi connectivity index (χ1n) is 7.16. The Morgan fingerprint density at radius 1 is 1.00 bits per heavy atom. The monoisotopic (exact) mass is 340 g/mol. The minimum Gasteiger partial charge on any atom is -0.490 e. The molecule has 0 amide bonds. The van der Waals surface area contributed by atoms with Crippen molar-refractivity contribution in [3.63, 3.8) is 0 Å². The van der Waals surface area contributed by atoms with Crippen molar-refractivity contribution < 1.29 is 39.5 Å². The van der Waals surface area contributed by atoms with Crippen LogP contribution in [0.3, 0.4) is 0 Å². The SMILES string of the molecule is O=C/C=C(/OCC(O)CO)c1ccccc1C(=O)OCC(O)CO. The molecule has 0 fully saturated rings. The van der Waals surface area contributed by atoms with Crippen molar-refractivity contribution in [1.29, 1.82) is 0 Å². The van der Waals surface area contributed by atoms with Gasteiger partial charge in [0.05, 0.1) is 18.8 Å². The Kier molecular flexibility index (Phi) is 8.66. The van der Waals surface area contributed by atoms with Gasteiger partial charge in [0.25, 0.3) is 0 Å². The summed E-state index contributed by atoms with van der Waals surface area (Å²) in [6, 6.07) is 6.13. The summed E-state index contributed by atoms with van der Waals surface area (Å²) in [7, 11) is 0. The van der Waals surface area contributed by atoms with Crippen molar-refractivity contribution >= 4 is 18.0 Å². The first-order valence-corrected chi connectivity index (χ1v) is 7.16. The molecule has 1 aromatic rings. The third-order valence-electron chi connectivity index (χ3n) is 2.89. The maximum absolute atomic E-state index is 12.1. The number of carbonyl (C=O) groups excluding carboxylic acids is 2. The molecule has 8 heteroatoms. The van der Waals surface area contributed by atoms with Crippen LogP contribution in [-0.4, -0.2) is 71.3 Å². The van der Waals surface area contributed by atoms with E-state index in [0.717, 1.165) is 6.08 Å². The first-order chi connectivity index (χ1) is 11.5. The minimum atomic E-state index is -1.19. The van der Waals surface area contributed by atoms with E-state index in [-0.39, 0.29) is 30.1 Å². The number of carbonyl (C=O) groups is 2. The highest BCUT2D eigenvalue weighted by Crippen LogP contribution is 2.21. The number of aldehydes is 1. The van der Waals surface area contributed by atoms with Gasteiger partial charge in [-0.05, 0) is 6.07 Å². The normalized spacial score (nSPS) is 13.9. The number of hydrogen-bond donors (Lipinski definition) is 4. The van der Waals surface area contributed by atoms with E-state index >= 15 is 0 Å². The average molecular weight is 340 g/mol. The lowest BCUT2D eigenvalue weighted by atomic mass is 10.1.